The second kappa shape index (κ2) is 11.3. The predicted octanol–water partition coefficient (Wildman–Crippen LogP) is 2.75. The van der Waals surface area contributed by atoms with E-state index < -0.39 is 0 Å². The minimum absolute atomic E-state index is 0.0245. The molecule has 0 atom stereocenters. The van der Waals surface area contributed by atoms with Gasteiger partial charge in [0.05, 0.1) is 6.21 Å². The van der Waals surface area contributed by atoms with Gasteiger partial charge in [-0.25, -0.2) is 9.82 Å². The van der Waals surface area contributed by atoms with Gasteiger partial charge in [0.25, 0.3) is 0 Å². The van der Waals surface area contributed by atoms with E-state index in [1.54, 1.807) is 18.2 Å². The van der Waals surface area contributed by atoms with Gasteiger partial charge in [-0.05, 0) is 25.3 Å². The minimum Gasteiger partial charge on any atom is -0.356 e. The van der Waals surface area contributed by atoms with E-state index in [4.69, 9.17) is 0 Å². The van der Waals surface area contributed by atoms with Gasteiger partial charge in [0.2, 0.25) is 11.8 Å². The summed E-state index contributed by atoms with van der Waals surface area (Å²) in [5, 5.41) is 6.55. The largest absolute Gasteiger partial charge is 0.356 e. The van der Waals surface area contributed by atoms with Crippen LogP contribution >= 0.6 is 0 Å². The Balaban J connectivity index is 2.13. The summed E-state index contributed by atoms with van der Waals surface area (Å²) >= 11 is 0. The molecule has 23 heavy (non-hydrogen) atoms. The van der Waals surface area contributed by atoms with Crippen molar-refractivity contribution in [2.75, 3.05) is 6.54 Å². The zero-order valence-electron chi connectivity index (χ0n) is 13.5. The highest BCUT2D eigenvalue weighted by Gasteiger charge is 2.03. The minimum atomic E-state index is -0.389. The third-order valence-corrected chi connectivity index (χ3v) is 3.21. The maximum Gasteiger partial charge on any atom is 0.240 e. The molecule has 1 rings (SSSR count). The first-order valence-electron chi connectivity index (χ1n) is 7.96. The summed E-state index contributed by atoms with van der Waals surface area (Å²) in [6.45, 7) is 2.78. The van der Waals surface area contributed by atoms with Crippen molar-refractivity contribution in [1.82, 2.24) is 10.7 Å². The molecule has 2 amide bonds. The molecule has 1 aromatic rings. The zero-order chi connectivity index (χ0) is 16.9. The number of nitrogens with one attached hydrogen (secondary N) is 2. The van der Waals surface area contributed by atoms with E-state index in [2.05, 4.69) is 22.8 Å². The molecule has 0 aromatic heterocycles. The van der Waals surface area contributed by atoms with Crippen LogP contribution in [-0.4, -0.2) is 24.6 Å². The van der Waals surface area contributed by atoms with Crippen molar-refractivity contribution < 1.29 is 14.0 Å². The molecule has 0 aliphatic rings. The Kier molecular flexibility index (Phi) is 9.28. The Hall–Kier alpha value is -2.24. The summed E-state index contributed by atoms with van der Waals surface area (Å²) in [7, 11) is 0. The molecule has 126 valence electrons. The Morgan fingerprint density at radius 2 is 1.83 bits per heavy atom. The first-order valence-corrected chi connectivity index (χ1v) is 7.96. The fourth-order valence-electron chi connectivity index (χ4n) is 1.87. The lowest BCUT2D eigenvalue weighted by molar-refractivity contribution is -0.123. The van der Waals surface area contributed by atoms with Crippen LogP contribution in [0.3, 0.4) is 0 Å². The second-order valence-electron chi connectivity index (χ2n) is 5.23. The fourth-order valence-corrected chi connectivity index (χ4v) is 1.87. The summed E-state index contributed by atoms with van der Waals surface area (Å²) in [6, 6.07) is 6.18. The lowest BCUT2D eigenvalue weighted by Gasteiger charge is -2.04. The number of carbonyl (C=O) groups excluding carboxylic acids is 2. The highest BCUT2D eigenvalue weighted by Crippen LogP contribution is 2.03. The summed E-state index contributed by atoms with van der Waals surface area (Å²) < 4.78 is 13.3. The predicted molar refractivity (Wildman–Crippen MR) is 88.5 cm³/mol. The number of hydrogen-bond donors (Lipinski definition) is 2. The van der Waals surface area contributed by atoms with Crippen LogP contribution in [0, 0.1) is 5.82 Å². The highest BCUT2D eigenvalue weighted by molar-refractivity contribution is 5.82. The van der Waals surface area contributed by atoms with Crippen LogP contribution in [0.25, 0.3) is 0 Å². The van der Waals surface area contributed by atoms with Crippen LogP contribution in [-0.2, 0) is 9.59 Å². The van der Waals surface area contributed by atoms with Crippen molar-refractivity contribution in [2.45, 2.75) is 45.4 Å². The van der Waals surface area contributed by atoms with Gasteiger partial charge in [0.15, 0.2) is 0 Å². The number of rotatable bonds is 10. The van der Waals surface area contributed by atoms with E-state index >= 15 is 0 Å². The van der Waals surface area contributed by atoms with Gasteiger partial charge in [-0.2, -0.15) is 5.10 Å². The highest BCUT2D eigenvalue weighted by atomic mass is 19.1. The van der Waals surface area contributed by atoms with E-state index in [1.807, 2.05) is 0 Å². The van der Waals surface area contributed by atoms with E-state index in [1.165, 1.54) is 12.3 Å². The first-order chi connectivity index (χ1) is 11.1. The molecule has 0 radical (unpaired) electrons. The van der Waals surface area contributed by atoms with E-state index in [9.17, 15) is 14.0 Å². The van der Waals surface area contributed by atoms with Gasteiger partial charge in [-0.15, -0.1) is 0 Å². The number of nitrogens with zero attached hydrogens (tertiary/aromatic N) is 1. The molecule has 0 spiro atoms. The molecule has 2 N–H and O–H groups in total. The molecule has 5 nitrogen and oxygen atoms in total. The van der Waals surface area contributed by atoms with Gasteiger partial charge in [-0.1, -0.05) is 31.5 Å². The Bertz CT molecular complexity index is 532. The smallest absolute Gasteiger partial charge is 0.240 e. The average molecular weight is 321 g/mol. The quantitative estimate of drug-likeness (QED) is 0.395. The van der Waals surface area contributed by atoms with Gasteiger partial charge in [-0.3, -0.25) is 9.59 Å². The number of benzene rings is 1. The van der Waals surface area contributed by atoms with Crippen molar-refractivity contribution in [2.24, 2.45) is 5.10 Å². The molecule has 0 heterocycles. The molecule has 1 aromatic carbocycles. The molecule has 0 saturated heterocycles. The van der Waals surface area contributed by atoms with Crippen LogP contribution in [0.15, 0.2) is 29.4 Å². The number of amides is 2. The van der Waals surface area contributed by atoms with Crippen LogP contribution in [0.2, 0.25) is 0 Å². The van der Waals surface area contributed by atoms with Gasteiger partial charge in [0, 0.05) is 24.9 Å². The lowest BCUT2D eigenvalue weighted by Crippen LogP contribution is -2.24. The number of hydrogen-bond acceptors (Lipinski definition) is 3. The first kappa shape index (κ1) is 18.8. The Labute approximate surface area is 136 Å². The summed E-state index contributed by atoms with van der Waals surface area (Å²) in [5.74, 6) is -0.611. The summed E-state index contributed by atoms with van der Waals surface area (Å²) in [4.78, 5) is 23.0. The normalized spacial score (nSPS) is 10.7. The number of halogens is 1. The Morgan fingerprint density at radius 1 is 1.13 bits per heavy atom. The molecular formula is C17H24FN3O2. The molecule has 0 unspecified atom stereocenters. The number of unbranched alkanes of at least 4 members (excludes halogenated alkanes) is 2. The van der Waals surface area contributed by atoms with Crippen molar-refractivity contribution in [3.05, 3.63) is 35.6 Å². The zero-order valence-corrected chi connectivity index (χ0v) is 13.5. The van der Waals surface area contributed by atoms with E-state index in [-0.39, 0.29) is 24.1 Å². The molecular weight excluding hydrogens is 297 g/mol. The maximum absolute atomic E-state index is 13.3. The standard InChI is InChI=1S/C17H24FN3O2/c1-2-3-12-19-16(22)10-6-7-11-17(23)21-20-13-14-8-4-5-9-15(14)18/h4-5,8-9,13H,2-3,6-7,10-12H2,1H3,(H,19,22)(H,21,23)/b20-13+. The molecule has 0 aliphatic heterocycles. The fraction of sp³-hybridized carbons (Fsp3) is 0.471. The molecule has 6 heteroatoms. The van der Waals surface area contributed by atoms with Crippen LogP contribution in [0.1, 0.15) is 51.0 Å². The third kappa shape index (κ3) is 8.70. The van der Waals surface area contributed by atoms with Crippen molar-refractivity contribution in [3.8, 4) is 0 Å². The van der Waals surface area contributed by atoms with Gasteiger partial charge >= 0.3 is 0 Å². The third-order valence-electron chi connectivity index (χ3n) is 3.21. The molecule has 0 saturated carbocycles. The van der Waals surface area contributed by atoms with Gasteiger partial charge in [0.1, 0.15) is 5.82 Å². The van der Waals surface area contributed by atoms with Crippen molar-refractivity contribution in [1.29, 1.82) is 0 Å². The monoisotopic (exact) mass is 321 g/mol. The number of carbonyl (C=O) groups is 2. The average Bonchev–Trinajstić information content (AvgIpc) is 2.54. The Morgan fingerprint density at radius 3 is 2.52 bits per heavy atom. The maximum atomic E-state index is 13.3. The SMILES string of the molecule is CCCCNC(=O)CCCCC(=O)N/N=C/c1ccccc1F. The molecule has 0 fully saturated rings. The second-order valence-corrected chi connectivity index (χ2v) is 5.23. The van der Waals surface area contributed by atoms with Crippen LogP contribution in [0.4, 0.5) is 4.39 Å². The molecule has 0 bridgehead atoms. The van der Waals surface area contributed by atoms with Gasteiger partial charge < -0.3 is 5.32 Å². The molecule has 0 aliphatic carbocycles. The van der Waals surface area contributed by atoms with E-state index in [0.29, 0.717) is 31.4 Å². The van der Waals surface area contributed by atoms with E-state index in [0.717, 1.165) is 12.8 Å². The van der Waals surface area contributed by atoms with Crippen molar-refractivity contribution >= 4 is 18.0 Å². The van der Waals surface area contributed by atoms with Crippen molar-refractivity contribution in [3.63, 3.8) is 0 Å². The summed E-state index contributed by atoms with van der Waals surface area (Å²) in [6.07, 6.45) is 5.29. The summed E-state index contributed by atoms with van der Waals surface area (Å²) in [5.41, 5.74) is 2.67. The number of hydrazone groups is 1. The van der Waals surface area contributed by atoms with Crippen LogP contribution in [0.5, 0.6) is 0 Å². The topological polar surface area (TPSA) is 70.6 Å². The van der Waals surface area contributed by atoms with Crippen LogP contribution < -0.4 is 10.7 Å². The lowest BCUT2D eigenvalue weighted by atomic mass is 10.2.